The van der Waals surface area contributed by atoms with Crippen LogP contribution in [0.5, 0.6) is 0 Å². The zero-order chi connectivity index (χ0) is 22.9. The number of aromatic nitrogens is 6. The van der Waals surface area contributed by atoms with Crippen molar-refractivity contribution < 1.29 is 4.42 Å². The fraction of sp³-hybridized carbons (Fsp3) is 0.240. The SMILES string of the molecule is Cc1c(-c2ccnc(N3CCN(Cc4ccccc4)CC3)n2)cnc2nc(-c3ccco3)nn12. The van der Waals surface area contributed by atoms with Crippen LogP contribution in [0.15, 0.2) is 71.6 Å². The summed E-state index contributed by atoms with van der Waals surface area (Å²) in [5.41, 5.74) is 3.97. The molecule has 0 radical (unpaired) electrons. The number of furan rings is 1. The van der Waals surface area contributed by atoms with Crippen molar-refractivity contribution >= 4 is 11.7 Å². The van der Waals surface area contributed by atoms with Crippen LogP contribution in [-0.2, 0) is 6.54 Å². The molecule has 9 heteroatoms. The van der Waals surface area contributed by atoms with Gasteiger partial charge in [0.15, 0.2) is 5.76 Å². The smallest absolute Gasteiger partial charge is 0.253 e. The number of aryl methyl sites for hydroxylation is 1. The van der Waals surface area contributed by atoms with Crippen LogP contribution in [0.3, 0.4) is 0 Å². The van der Waals surface area contributed by atoms with Gasteiger partial charge in [0.2, 0.25) is 11.8 Å². The van der Waals surface area contributed by atoms with Gasteiger partial charge in [0.25, 0.3) is 5.78 Å². The van der Waals surface area contributed by atoms with Gasteiger partial charge in [-0.3, -0.25) is 4.90 Å². The van der Waals surface area contributed by atoms with Crippen LogP contribution >= 0.6 is 0 Å². The Kier molecular flexibility index (Phi) is 5.23. The van der Waals surface area contributed by atoms with E-state index in [2.05, 4.69) is 60.2 Å². The van der Waals surface area contributed by atoms with E-state index >= 15 is 0 Å². The Bertz CT molecular complexity index is 1410. The van der Waals surface area contributed by atoms with E-state index in [0.717, 1.165) is 55.6 Å². The van der Waals surface area contributed by atoms with E-state index in [1.165, 1.54) is 5.56 Å². The maximum Gasteiger partial charge on any atom is 0.253 e. The highest BCUT2D eigenvalue weighted by molar-refractivity contribution is 5.64. The molecule has 0 saturated carbocycles. The maximum absolute atomic E-state index is 5.43. The zero-order valence-corrected chi connectivity index (χ0v) is 18.9. The number of benzene rings is 1. The van der Waals surface area contributed by atoms with E-state index in [0.29, 0.717) is 17.4 Å². The third kappa shape index (κ3) is 3.90. The van der Waals surface area contributed by atoms with Gasteiger partial charge in [-0.05, 0) is 30.7 Å². The average Bonchev–Trinajstić information content (AvgIpc) is 3.56. The van der Waals surface area contributed by atoms with Gasteiger partial charge in [-0.2, -0.15) is 4.98 Å². The molecule has 9 nitrogen and oxygen atoms in total. The summed E-state index contributed by atoms with van der Waals surface area (Å²) in [4.78, 5) is 23.1. The van der Waals surface area contributed by atoms with E-state index in [-0.39, 0.29) is 0 Å². The van der Waals surface area contributed by atoms with Gasteiger partial charge in [-0.1, -0.05) is 30.3 Å². The summed E-state index contributed by atoms with van der Waals surface area (Å²) in [6.45, 7) is 6.70. The van der Waals surface area contributed by atoms with Gasteiger partial charge < -0.3 is 9.32 Å². The number of hydrogen-bond donors (Lipinski definition) is 0. The summed E-state index contributed by atoms with van der Waals surface area (Å²) < 4.78 is 7.17. The summed E-state index contributed by atoms with van der Waals surface area (Å²) >= 11 is 0. The minimum atomic E-state index is 0.509. The van der Waals surface area contributed by atoms with Crippen molar-refractivity contribution in [3.05, 3.63) is 78.4 Å². The molecule has 0 aliphatic carbocycles. The molecule has 0 spiro atoms. The molecule has 34 heavy (non-hydrogen) atoms. The van der Waals surface area contributed by atoms with Crippen molar-refractivity contribution in [1.29, 1.82) is 0 Å². The van der Waals surface area contributed by atoms with Crippen molar-refractivity contribution in [2.75, 3.05) is 31.1 Å². The average molecular weight is 453 g/mol. The second kappa shape index (κ2) is 8.68. The predicted molar refractivity (Wildman–Crippen MR) is 128 cm³/mol. The Hall–Kier alpha value is -4.11. The number of rotatable bonds is 5. The number of fused-ring (bicyclic) bond motifs is 1. The molecule has 4 aromatic heterocycles. The lowest BCUT2D eigenvalue weighted by atomic mass is 10.2. The lowest BCUT2D eigenvalue weighted by molar-refractivity contribution is 0.248. The molecule has 0 N–H and O–H groups in total. The summed E-state index contributed by atoms with van der Waals surface area (Å²) in [6.07, 6.45) is 5.22. The van der Waals surface area contributed by atoms with Crippen LogP contribution in [-0.4, -0.2) is 60.6 Å². The van der Waals surface area contributed by atoms with Gasteiger partial charge >= 0.3 is 0 Å². The highest BCUT2D eigenvalue weighted by Crippen LogP contribution is 2.24. The molecule has 170 valence electrons. The van der Waals surface area contributed by atoms with Gasteiger partial charge in [0.05, 0.1) is 17.7 Å². The summed E-state index contributed by atoms with van der Waals surface area (Å²) in [5.74, 6) is 2.39. The molecule has 1 fully saturated rings. The first-order chi connectivity index (χ1) is 16.7. The van der Waals surface area contributed by atoms with Gasteiger partial charge in [-0.15, -0.1) is 5.10 Å². The van der Waals surface area contributed by atoms with Gasteiger partial charge in [-0.25, -0.2) is 19.5 Å². The monoisotopic (exact) mass is 452 g/mol. The first-order valence-corrected chi connectivity index (χ1v) is 11.4. The van der Waals surface area contributed by atoms with E-state index < -0.39 is 0 Å². The largest absolute Gasteiger partial charge is 0.461 e. The van der Waals surface area contributed by atoms with Gasteiger partial charge in [0, 0.05) is 50.7 Å². The fourth-order valence-corrected chi connectivity index (χ4v) is 4.30. The predicted octanol–water partition coefficient (Wildman–Crippen LogP) is 3.47. The Morgan fingerprint density at radius 2 is 1.76 bits per heavy atom. The molecule has 1 saturated heterocycles. The lowest BCUT2D eigenvalue weighted by Crippen LogP contribution is -2.46. The quantitative estimate of drug-likeness (QED) is 0.401. The van der Waals surface area contributed by atoms with Crippen molar-refractivity contribution in [3.8, 4) is 22.8 Å². The second-order valence-corrected chi connectivity index (χ2v) is 8.37. The second-order valence-electron chi connectivity index (χ2n) is 8.37. The summed E-state index contributed by atoms with van der Waals surface area (Å²) in [5, 5.41) is 4.59. The topological polar surface area (TPSA) is 88.5 Å². The molecule has 0 atom stereocenters. The Morgan fingerprint density at radius 3 is 2.56 bits per heavy atom. The number of hydrogen-bond acceptors (Lipinski definition) is 8. The minimum absolute atomic E-state index is 0.509. The van der Waals surface area contributed by atoms with Crippen LogP contribution < -0.4 is 4.90 Å². The zero-order valence-electron chi connectivity index (χ0n) is 18.9. The minimum Gasteiger partial charge on any atom is -0.461 e. The Morgan fingerprint density at radius 1 is 0.912 bits per heavy atom. The molecule has 5 aromatic rings. The van der Waals surface area contributed by atoms with Gasteiger partial charge in [0.1, 0.15) is 0 Å². The number of anilines is 1. The third-order valence-electron chi connectivity index (χ3n) is 6.17. The molecule has 0 unspecified atom stereocenters. The van der Waals surface area contributed by atoms with Crippen molar-refractivity contribution in [2.45, 2.75) is 13.5 Å². The lowest BCUT2D eigenvalue weighted by Gasteiger charge is -2.34. The highest BCUT2D eigenvalue weighted by Gasteiger charge is 2.20. The van der Waals surface area contributed by atoms with Crippen molar-refractivity contribution in [2.24, 2.45) is 0 Å². The van der Waals surface area contributed by atoms with Crippen LogP contribution in [0, 0.1) is 6.92 Å². The summed E-state index contributed by atoms with van der Waals surface area (Å²) in [7, 11) is 0. The molecule has 1 aromatic carbocycles. The molecule has 5 heterocycles. The summed E-state index contributed by atoms with van der Waals surface area (Å²) in [6, 6.07) is 16.2. The standard InChI is InChI=1S/C25H24N8O/c1-18-20(16-27-25-29-23(30-33(18)25)22-8-5-15-34-22)21-9-10-26-24(28-21)32-13-11-31(12-14-32)17-19-6-3-2-4-7-19/h2-10,15-16H,11-14,17H2,1H3. The maximum atomic E-state index is 5.43. The number of piperazine rings is 1. The van der Waals surface area contributed by atoms with E-state index in [1.807, 2.05) is 31.3 Å². The van der Waals surface area contributed by atoms with E-state index in [1.54, 1.807) is 17.0 Å². The molecular formula is C25H24N8O. The first kappa shape index (κ1) is 20.5. The molecule has 1 aliphatic rings. The molecule has 0 bridgehead atoms. The molecule has 1 aliphatic heterocycles. The first-order valence-electron chi connectivity index (χ1n) is 11.4. The van der Waals surface area contributed by atoms with Crippen LogP contribution in [0.25, 0.3) is 28.6 Å². The number of nitrogens with zero attached hydrogens (tertiary/aromatic N) is 8. The third-order valence-corrected chi connectivity index (χ3v) is 6.17. The van der Waals surface area contributed by atoms with E-state index in [9.17, 15) is 0 Å². The van der Waals surface area contributed by atoms with Crippen molar-refractivity contribution in [3.63, 3.8) is 0 Å². The fourth-order valence-electron chi connectivity index (χ4n) is 4.30. The molecule has 0 amide bonds. The normalized spacial score (nSPS) is 14.7. The Balaban J connectivity index is 1.22. The molecule has 6 rings (SSSR count). The van der Waals surface area contributed by atoms with Crippen molar-refractivity contribution in [1.82, 2.24) is 34.4 Å². The van der Waals surface area contributed by atoms with E-state index in [4.69, 9.17) is 9.40 Å². The Labute approximate surface area is 196 Å². The molecular weight excluding hydrogens is 428 g/mol. The highest BCUT2D eigenvalue weighted by atomic mass is 16.3. The van der Waals surface area contributed by atoms with Crippen LogP contribution in [0.2, 0.25) is 0 Å². The van der Waals surface area contributed by atoms with Crippen LogP contribution in [0.4, 0.5) is 5.95 Å². The van der Waals surface area contributed by atoms with Crippen LogP contribution in [0.1, 0.15) is 11.3 Å².